The minimum atomic E-state index is -0.0256. The van der Waals surface area contributed by atoms with E-state index in [1.165, 1.54) is 32.1 Å². The van der Waals surface area contributed by atoms with Crippen molar-refractivity contribution in [2.45, 2.75) is 57.9 Å². The van der Waals surface area contributed by atoms with Crippen LogP contribution in [0.3, 0.4) is 0 Å². The molecule has 0 heterocycles. The van der Waals surface area contributed by atoms with Gasteiger partial charge in [-0.15, -0.1) is 0 Å². The van der Waals surface area contributed by atoms with Gasteiger partial charge in [-0.1, -0.05) is 63.6 Å². The third kappa shape index (κ3) is 5.22. The molecule has 96 valence electrons. The molecule has 0 spiro atoms. The first kappa shape index (κ1) is 14.0. The first-order valence-electron chi connectivity index (χ1n) is 6.79. The summed E-state index contributed by atoms with van der Waals surface area (Å²) in [6, 6.07) is 7.35. The molecular weight excluding hydrogens is 210 g/mol. The molecule has 1 atom stereocenters. The minimum Gasteiger partial charge on any atom is -0.508 e. The summed E-state index contributed by atoms with van der Waals surface area (Å²) in [5, 5.41) is 9.67. The predicted octanol–water partition coefficient (Wildman–Crippen LogP) is 4.14. The van der Waals surface area contributed by atoms with Crippen LogP contribution in [0.1, 0.15) is 63.5 Å². The summed E-state index contributed by atoms with van der Waals surface area (Å²) in [7, 11) is 0. The van der Waals surface area contributed by atoms with Crippen LogP contribution >= 0.6 is 0 Å². The number of unbranched alkanes of at least 4 members (excludes halogenated alkanes) is 5. The van der Waals surface area contributed by atoms with E-state index in [1.54, 1.807) is 6.07 Å². The number of phenols is 1. The van der Waals surface area contributed by atoms with Gasteiger partial charge in [0, 0.05) is 11.6 Å². The summed E-state index contributed by atoms with van der Waals surface area (Å²) in [6.07, 6.45) is 8.64. The Kier molecular flexibility index (Phi) is 6.71. The summed E-state index contributed by atoms with van der Waals surface area (Å²) in [5.41, 5.74) is 6.95. The van der Waals surface area contributed by atoms with E-state index in [0.717, 1.165) is 18.4 Å². The molecule has 0 saturated carbocycles. The summed E-state index contributed by atoms with van der Waals surface area (Å²) in [4.78, 5) is 0. The third-order valence-corrected chi connectivity index (χ3v) is 3.20. The zero-order valence-electron chi connectivity index (χ0n) is 10.9. The Morgan fingerprint density at radius 3 is 2.41 bits per heavy atom. The quantitative estimate of drug-likeness (QED) is 0.665. The second-order valence-corrected chi connectivity index (χ2v) is 4.72. The van der Waals surface area contributed by atoms with Crippen LogP contribution in [0.2, 0.25) is 0 Å². The van der Waals surface area contributed by atoms with Crippen molar-refractivity contribution in [3.63, 3.8) is 0 Å². The fraction of sp³-hybridized carbons (Fsp3) is 0.600. The normalized spacial score (nSPS) is 12.6. The topological polar surface area (TPSA) is 46.2 Å². The van der Waals surface area contributed by atoms with Gasteiger partial charge in [0.25, 0.3) is 0 Å². The first-order chi connectivity index (χ1) is 8.25. The van der Waals surface area contributed by atoms with Gasteiger partial charge in [-0.3, -0.25) is 0 Å². The molecule has 2 heteroatoms. The smallest absolute Gasteiger partial charge is 0.120 e. The van der Waals surface area contributed by atoms with E-state index in [9.17, 15) is 5.11 Å². The van der Waals surface area contributed by atoms with Gasteiger partial charge in [-0.2, -0.15) is 0 Å². The van der Waals surface area contributed by atoms with Crippen LogP contribution in [-0.2, 0) is 0 Å². The van der Waals surface area contributed by atoms with Gasteiger partial charge in [0.1, 0.15) is 5.75 Å². The number of aromatic hydroxyl groups is 1. The van der Waals surface area contributed by atoms with Crippen molar-refractivity contribution in [3.05, 3.63) is 29.8 Å². The predicted molar refractivity (Wildman–Crippen MR) is 73.0 cm³/mol. The molecule has 0 radical (unpaired) electrons. The van der Waals surface area contributed by atoms with Gasteiger partial charge >= 0.3 is 0 Å². The van der Waals surface area contributed by atoms with Crippen molar-refractivity contribution in [2.24, 2.45) is 5.73 Å². The number of benzene rings is 1. The average Bonchev–Trinajstić information content (AvgIpc) is 2.34. The van der Waals surface area contributed by atoms with Crippen molar-refractivity contribution in [1.29, 1.82) is 0 Å². The maximum absolute atomic E-state index is 9.67. The highest BCUT2D eigenvalue weighted by Crippen LogP contribution is 2.25. The molecule has 3 N–H and O–H groups in total. The average molecular weight is 235 g/mol. The molecule has 0 aliphatic heterocycles. The Bertz CT molecular complexity index is 312. The molecule has 0 aromatic heterocycles. The summed E-state index contributed by atoms with van der Waals surface area (Å²) >= 11 is 0. The second kappa shape index (κ2) is 8.13. The van der Waals surface area contributed by atoms with Crippen LogP contribution < -0.4 is 5.73 Å². The summed E-state index contributed by atoms with van der Waals surface area (Å²) < 4.78 is 0. The molecule has 0 bridgehead atoms. The molecular formula is C15H25NO. The van der Waals surface area contributed by atoms with E-state index >= 15 is 0 Å². The highest BCUT2D eigenvalue weighted by atomic mass is 16.3. The highest BCUT2D eigenvalue weighted by Gasteiger charge is 2.09. The van der Waals surface area contributed by atoms with E-state index in [1.807, 2.05) is 18.2 Å². The molecule has 1 aromatic carbocycles. The monoisotopic (exact) mass is 235 g/mol. The largest absolute Gasteiger partial charge is 0.508 e. The first-order valence-corrected chi connectivity index (χ1v) is 6.79. The SMILES string of the molecule is CCCCCCCCC(N)c1ccccc1O. The van der Waals surface area contributed by atoms with Crippen LogP contribution in [0.25, 0.3) is 0 Å². The lowest BCUT2D eigenvalue weighted by atomic mass is 10.00. The highest BCUT2D eigenvalue weighted by molar-refractivity contribution is 5.34. The van der Waals surface area contributed by atoms with E-state index in [0.29, 0.717) is 5.75 Å². The lowest BCUT2D eigenvalue weighted by molar-refractivity contribution is 0.454. The van der Waals surface area contributed by atoms with Gasteiger partial charge in [0.15, 0.2) is 0 Å². The maximum Gasteiger partial charge on any atom is 0.120 e. The number of rotatable bonds is 8. The Balaban J connectivity index is 2.21. The molecule has 0 saturated heterocycles. The number of nitrogens with two attached hydrogens (primary N) is 1. The number of phenolic OH excluding ortho intramolecular Hbond substituents is 1. The molecule has 0 aliphatic rings. The summed E-state index contributed by atoms with van der Waals surface area (Å²) in [6.45, 7) is 2.23. The molecule has 17 heavy (non-hydrogen) atoms. The molecule has 0 fully saturated rings. The molecule has 0 aliphatic carbocycles. The Hall–Kier alpha value is -1.02. The molecule has 1 rings (SSSR count). The second-order valence-electron chi connectivity index (χ2n) is 4.72. The fourth-order valence-electron chi connectivity index (χ4n) is 2.10. The number of hydrogen-bond donors (Lipinski definition) is 2. The lowest BCUT2D eigenvalue weighted by Crippen LogP contribution is -2.10. The summed E-state index contributed by atoms with van der Waals surface area (Å²) in [5.74, 6) is 0.325. The van der Waals surface area contributed by atoms with Gasteiger partial charge in [0.2, 0.25) is 0 Å². The van der Waals surface area contributed by atoms with Crippen LogP contribution in [0.5, 0.6) is 5.75 Å². The van der Waals surface area contributed by atoms with Crippen molar-refractivity contribution in [3.8, 4) is 5.75 Å². The van der Waals surface area contributed by atoms with Crippen LogP contribution in [-0.4, -0.2) is 5.11 Å². The van der Waals surface area contributed by atoms with Gasteiger partial charge in [-0.05, 0) is 12.5 Å². The van der Waals surface area contributed by atoms with Crippen molar-refractivity contribution >= 4 is 0 Å². The number of para-hydroxylation sites is 1. The van der Waals surface area contributed by atoms with E-state index < -0.39 is 0 Å². The molecule has 1 unspecified atom stereocenters. The van der Waals surface area contributed by atoms with Crippen molar-refractivity contribution in [1.82, 2.24) is 0 Å². The van der Waals surface area contributed by atoms with E-state index in [4.69, 9.17) is 5.73 Å². The van der Waals surface area contributed by atoms with Gasteiger partial charge in [0.05, 0.1) is 0 Å². The van der Waals surface area contributed by atoms with E-state index in [2.05, 4.69) is 6.92 Å². The third-order valence-electron chi connectivity index (χ3n) is 3.20. The van der Waals surface area contributed by atoms with Crippen molar-refractivity contribution in [2.75, 3.05) is 0 Å². The van der Waals surface area contributed by atoms with Crippen molar-refractivity contribution < 1.29 is 5.11 Å². The Morgan fingerprint density at radius 2 is 1.71 bits per heavy atom. The van der Waals surface area contributed by atoms with Gasteiger partial charge < -0.3 is 10.8 Å². The Labute approximate surface area is 105 Å². The number of hydrogen-bond acceptors (Lipinski definition) is 2. The van der Waals surface area contributed by atoms with Crippen LogP contribution in [0.4, 0.5) is 0 Å². The van der Waals surface area contributed by atoms with Gasteiger partial charge in [-0.25, -0.2) is 0 Å². The standard InChI is InChI=1S/C15H25NO/c1-2-3-4-5-6-7-11-14(16)13-10-8-9-12-15(13)17/h8-10,12,14,17H,2-7,11,16H2,1H3. The maximum atomic E-state index is 9.67. The molecule has 1 aromatic rings. The zero-order valence-corrected chi connectivity index (χ0v) is 10.9. The minimum absolute atomic E-state index is 0.0256. The Morgan fingerprint density at radius 1 is 1.06 bits per heavy atom. The fourth-order valence-corrected chi connectivity index (χ4v) is 2.10. The van der Waals surface area contributed by atoms with Crippen LogP contribution in [0.15, 0.2) is 24.3 Å². The van der Waals surface area contributed by atoms with Crippen LogP contribution in [0, 0.1) is 0 Å². The molecule has 0 amide bonds. The lowest BCUT2D eigenvalue weighted by Gasteiger charge is -2.13. The molecule has 2 nitrogen and oxygen atoms in total. The van der Waals surface area contributed by atoms with E-state index in [-0.39, 0.29) is 6.04 Å². The zero-order chi connectivity index (χ0) is 12.5.